The predicted molar refractivity (Wildman–Crippen MR) is 79.3 cm³/mol. The summed E-state index contributed by atoms with van der Waals surface area (Å²) < 4.78 is 11.4. The van der Waals surface area contributed by atoms with Crippen LogP contribution in [0, 0.1) is 0 Å². The van der Waals surface area contributed by atoms with E-state index in [4.69, 9.17) is 9.47 Å². The summed E-state index contributed by atoms with van der Waals surface area (Å²) in [4.78, 5) is 12.4. The summed E-state index contributed by atoms with van der Waals surface area (Å²) in [6, 6.07) is 14.6. The number of halogens is 1. The SMILES string of the molecule is O=C(c1ccccc1)c1ccc(OCC2CO2)cc1Br. The van der Waals surface area contributed by atoms with Crippen LogP contribution in [-0.2, 0) is 4.74 Å². The molecule has 0 N–H and O–H groups in total. The van der Waals surface area contributed by atoms with Crippen LogP contribution in [0.1, 0.15) is 15.9 Å². The zero-order valence-corrected chi connectivity index (χ0v) is 12.3. The highest BCUT2D eigenvalue weighted by Crippen LogP contribution is 2.26. The van der Waals surface area contributed by atoms with Crippen molar-refractivity contribution in [3.8, 4) is 5.75 Å². The van der Waals surface area contributed by atoms with Crippen LogP contribution in [0.5, 0.6) is 5.75 Å². The van der Waals surface area contributed by atoms with Crippen molar-refractivity contribution in [1.29, 1.82) is 0 Å². The van der Waals surface area contributed by atoms with Crippen LogP contribution >= 0.6 is 15.9 Å². The summed E-state index contributed by atoms with van der Waals surface area (Å²) in [6.07, 6.45) is 0.222. The smallest absolute Gasteiger partial charge is 0.194 e. The Kier molecular flexibility index (Phi) is 3.85. The molecule has 1 atom stereocenters. The van der Waals surface area contributed by atoms with Crippen LogP contribution in [-0.4, -0.2) is 25.1 Å². The molecule has 3 nitrogen and oxygen atoms in total. The molecule has 0 aliphatic carbocycles. The van der Waals surface area contributed by atoms with Gasteiger partial charge in [-0.15, -0.1) is 0 Å². The van der Waals surface area contributed by atoms with E-state index in [1.807, 2.05) is 42.5 Å². The van der Waals surface area contributed by atoms with Gasteiger partial charge >= 0.3 is 0 Å². The molecule has 1 aliphatic rings. The Morgan fingerprint density at radius 2 is 2.00 bits per heavy atom. The normalized spacial score (nSPS) is 16.8. The largest absolute Gasteiger partial charge is 0.491 e. The molecular weight excluding hydrogens is 320 g/mol. The zero-order chi connectivity index (χ0) is 13.9. The highest BCUT2D eigenvalue weighted by Gasteiger charge is 2.23. The minimum Gasteiger partial charge on any atom is -0.491 e. The predicted octanol–water partition coefficient (Wildman–Crippen LogP) is 3.46. The maximum absolute atomic E-state index is 12.4. The Balaban J connectivity index is 1.77. The number of benzene rings is 2. The van der Waals surface area contributed by atoms with E-state index in [-0.39, 0.29) is 11.9 Å². The van der Waals surface area contributed by atoms with Gasteiger partial charge in [0.2, 0.25) is 0 Å². The second kappa shape index (κ2) is 5.77. The number of carbonyl (C=O) groups is 1. The second-order valence-electron chi connectivity index (χ2n) is 4.60. The molecule has 1 aliphatic heterocycles. The first-order chi connectivity index (χ1) is 9.74. The van der Waals surface area contributed by atoms with Crippen LogP contribution in [0.2, 0.25) is 0 Å². The van der Waals surface area contributed by atoms with Gasteiger partial charge in [-0.05, 0) is 34.1 Å². The number of ether oxygens (including phenoxy) is 2. The number of carbonyl (C=O) groups excluding carboxylic acids is 1. The van der Waals surface area contributed by atoms with E-state index < -0.39 is 0 Å². The third-order valence-corrected chi connectivity index (χ3v) is 3.72. The molecule has 0 bridgehead atoms. The maximum atomic E-state index is 12.4. The van der Waals surface area contributed by atoms with Gasteiger partial charge in [-0.1, -0.05) is 30.3 Å². The second-order valence-corrected chi connectivity index (χ2v) is 5.46. The van der Waals surface area contributed by atoms with Gasteiger partial charge in [-0.25, -0.2) is 0 Å². The molecule has 0 radical (unpaired) electrons. The first kappa shape index (κ1) is 13.3. The lowest BCUT2D eigenvalue weighted by Gasteiger charge is -2.08. The van der Waals surface area contributed by atoms with E-state index in [9.17, 15) is 4.79 Å². The molecule has 1 saturated heterocycles. The van der Waals surface area contributed by atoms with E-state index in [2.05, 4.69) is 15.9 Å². The van der Waals surface area contributed by atoms with Gasteiger partial charge in [0.1, 0.15) is 18.5 Å². The summed E-state index contributed by atoms with van der Waals surface area (Å²) in [5.41, 5.74) is 1.31. The van der Waals surface area contributed by atoms with Crippen LogP contribution in [0.4, 0.5) is 0 Å². The van der Waals surface area contributed by atoms with E-state index in [1.54, 1.807) is 6.07 Å². The fourth-order valence-electron chi connectivity index (χ4n) is 1.87. The van der Waals surface area contributed by atoms with Crippen LogP contribution in [0.25, 0.3) is 0 Å². The summed E-state index contributed by atoms with van der Waals surface area (Å²) in [5, 5.41) is 0. The van der Waals surface area contributed by atoms with E-state index in [0.29, 0.717) is 17.7 Å². The average Bonchev–Trinajstić information content (AvgIpc) is 3.30. The van der Waals surface area contributed by atoms with Gasteiger partial charge in [0, 0.05) is 15.6 Å². The lowest BCUT2D eigenvalue weighted by atomic mass is 10.0. The van der Waals surface area contributed by atoms with Gasteiger partial charge in [0.15, 0.2) is 5.78 Å². The molecule has 2 aromatic rings. The Hall–Kier alpha value is -1.65. The Morgan fingerprint density at radius 1 is 1.25 bits per heavy atom. The molecule has 102 valence electrons. The van der Waals surface area contributed by atoms with Crippen molar-refractivity contribution in [2.45, 2.75) is 6.10 Å². The minimum atomic E-state index is -0.00505. The van der Waals surface area contributed by atoms with Gasteiger partial charge in [0.05, 0.1) is 6.61 Å². The van der Waals surface area contributed by atoms with Gasteiger partial charge in [-0.2, -0.15) is 0 Å². The molecule has 20 heavy (non-hydrogen) atoms. The van der Waals surface area contributed by atoms with Crippen LogP contribution < -0.4 is 4.74 Å². The van der Waals surface area contributed by atoms with Crippen molar-refractivity contribution >= 4 is 21.7 Å². The molecule has 4 heteroatoms. The molecule has 1 unspecified atom stereocenters. The zero-order valence-electron chi connectivity index (χ0n) is 10.7. The van der Waals surface area contributed by atoms with Crippen molar-refractivity contribution in [3.05, 3.63) is 64.1 Å². The van der Waals surface area contributed by atoms with Gasteiger partial charge in [0.25, 0.3) is 0 Å². The standard InChI is InChI=1S/C16H13BrO3/c17-15-8-12(19-9-13-10-20-13)6-7-14(15)16(18)11-4-2-1-3-5-11/h1-8,13H,9-10H2. The third-order valence-electron chi connectivity index (χ3n) is 3.06. The molecular formula is C16H13BrO3. The first-order valence-corrected chi connectivity index (χ1v) is 7.17. The third kappa shape index (κ3) is 3.08. The highest BCUT2D eigenvalue weighted by molar-refractivity contribution is 9.10. The fraction of sp³-hybridized carbons (Fsp3) is 0.188. The van der Waals surface area contributed by atoms with E-state index in [0.717, 1.165) is 16.8 Å². The first-order valence-electron chi connectivity index (χ1n) is 6.38. The molecule has 0 saturated carbocycles. The Bertz CT molecular complexity index is 621. The van der Waals surface area contributed by atoms with E-state index >= 15 is 0 Å². The maximum Gasteiger partial charge on any atom is 0.194 e. The number of hydrogen-bond acceptors (Lipinski definition) is 3. The van der Waals surface area contributed by atoms with Crippen molar-refractivity contribution in [1.82, 2.24) is 0 Å². The molecule has 3 rings (SSSR count). The lowest BCUT2D eigenvalue weighted by Crippen LogP contribution is -2.05. The number of hydrogen-bond donors (Lipinski definition) is 0. The molecule has 1 heterocycles. The molecule has 1 fully saturated rings. The number of rotatable bonds is 5. The van der Waals surface area contributed by atoms with Crippen LogP contribution in [0.3, 0.4) is 0 Å². The molecule has 0 spiro atoms. The van der Waals surface area contributed by atoms with Gasteiger partial charge < -0.3 is 9.47 Å². The monoisotopic (exact) mass is 332 g/mol. The van der Waals surface area contributed by atoms with Crippen LogP contribution in [0.15, 0.2) is 53.0 Å². The Labute approximate surface area is 125 Å². The quantitative estimate of drug-likeness (QED) is 0.621. The topological polar surface area (TPSA) is 38.8 Å². The minimum absolute atomic E-state index is 0.00505. The fourth-order valence-corrected chi connectivity index (χ4v) is 2.41. The molecule has 2 aromatic carbocycles. The number of ketones is 1. The van der Waals surface area contributed by atoms with E-state index in [1.165, 1.54) is 0 Å². The summed E-state index contributed by atoms with van der Waals surface area (Å²) >= 11 is 3.44. The highest BCUT2D eigenvalue weighted by atomic mass is 79.9. The average molecular weight is 333 g/mol. The van der Waals surface area contributed by atoms with Crippen molar-refractivity contribution in [3.63, 3.8) is 0 Å². The van der Waals surface area contributed by atoms with Crippen molar-refractivity contribution < 1.29 is 14.3 Å². The summed E-state index contributed by atoms with van der Waals surface area (Å²) in [6.45, 7) is 1.32. The number of epoxide rings is 1. The van der Waals surface area contributed by atoms with Crippen molar-refractivity contribution in [2.75, 3.05) is 13.2 Å². The molecule has 0 aromatic heterocycles. The Morgan fingerprint density at radius 3 is 2.65 bits per heavy atom. The van der Waals surface area contributed by atoms with Gasteiger partial charge in [-0.3, -0.25) is 4.79 Å². The molecule has 0 amide bonds. The van der Waals surface area contributed by atoms with Crippen molar-refractivity contribution in [2.24, 2.45) is 0 Å². The lowest BCUT2D eigenvalue weighted by molar-refractivity contribution is 0.103. The summed E-state index contributed by atoms with van der Waals surface area (Å²) in [5.74, 6) is 0.728. The summed E-state index contributed by atoms with van der Waals surface area (Å²) in [7, 11) is 0.